The van der Waals surface area contributed by atoms with E-state index in [4.69, 9.17) is 5.73 Å². The van der Waals surface area contributed by atoms with Gasteiger partial charge in [0.05, 0.1) is 0 Å². The second-order valence-electron chi connectivity index (χ2n) is 5.25. The van der Waals surface area contributed by atoms with Crippen molar-refractivity contribution in [2.45, 2.75) is 19.8 Å². The maximum Gasteiger partial charge on any atom is 0.136 e. The molecule has 1 aromatic carbocycles. The van der Waals surface area contributed by atoms with Gasteiger partial charge < -0.3 is 10.6 Å². The van der Waals surface area contributed by atoms with Crippen LogP contribution in [-0.2, 0) is 0 Å². The van der Waals surface area contributed by atoms with E-state index in [1.165, 1.54) is 18.2 Å². The molecule has 0 bridgehead atoms. The number of hydrogen-bond donors (Lipinski definition) is 1. The molecule has 2 N–H and O–H groups in total. The Hall–Kier alpha value is -1.77. The Balaban J connectivity index is 2.04. The van der Waals surface area contributed by atoms with Crippen LogP contribution in [0.25, 0.3) is 10.8 Å². The largest absolute Gasteiger partial charge is 0.398 e. The van der Waals surface area contributed by atoms with Gasteiger partial charge in [-0.1, -0.05) is 19.1 Å². The molecule has 2 aromatic rings. The minimum absolute atomic E-state index is 0.835. The summed E-state index contributed by atoms with van der Waals surface area (Å²) in [6.07, 6.45) is 4.37. The number of piperidine rings is 1. The van der Waals surface area contributed by atoms with Crippen LogP contribution in [0.2, 0.25) is 0 Å². The van der Waals surface area contributed by atoms with Crippen molar-refractivity contribution in [2.75, 3.05) is 23.7 Å². The first-order valence-corrected chi connectivity index (χ1v) is 6.64. The van der Waals surface area contributed by atoms with Crippen molar-refractivity contribution in [1.29, 1.82) is 0 Å². The molecule has 0 radical (unpaired) electrons. The highest BCUT2D eigenvalue weighted by Crippen LogP contribution is 2.30. The Morgan fingerprint density at radius 1 is 1.17 bits per heavy atom. The number of rotatable bonds is 1. The summed E-state index contributed by atoms with van der Waals surface area (Å²) in [5.74, 6) is 1.92. The molecule has 0 saturated carbocycles. The lowest BCUT2D eigenvalue weighted by molar-refractivity contribution is 0.437. The topological polar surface area (TPSA) is 42.2 Å². The van der Waals surface area contributed by atoms with E-state index in [1.807, 2.05) is 24.4 Å². The van der Waals surface area contributed by atoms with E-state index < -0.39 is 0 Å². The van der Waals surface area contributed by atoms with Crippen LogP contribution in [0.5, 0.6) is 0 Å². The van der Waals surface area contributed by atoms with Crippen molar-refractivity contribution in [3.05, 3.63) is 30.5 Å². The van der Waals surface area contributed by atoms with E-state index in [2.05, 4.69) is 22.9 Å². The summed E-state index contributed by atoms with van der Waals surface area (Å²) in [6.45, 7) is 4.52. The molecular formula is C15H19N3. The second-order valence-corrected chi connectivity index (χ2v) is 5.25. The molecule has 3 rings (SSSR count). The van der Waals surface area contributed by atoms with Crippen molar-refractivity contribution in [2.24, 2.45) is 5.92 Å². The van der Waals surface area contributed by atoms with Gasteiger partial charge in [-0.05, 0) is 30.9 Å². The molecule has 94 valence electrons. The SMILES string of the molecule is CC1CCN(c2nccc3c(N)cccc23)CC1. The first-order chi connectivity index (χ1) is 8.75. The second kappa shape index (κ2) is 4.48. The molecule has 0 aliphatic carbocycles. The van der Waals surface area contributed by atoms with E-state index in [0.29, 0.717) is 0 Å². The zero-order chi connectivity index (χ0) is 12.5. The van der Waals surface area contributed by atoms with Crippen molar-refractivity contribution in [3.8, 4) is 0 Å². The van der Waals surface area contributed by atoms with Crippen LogP contribution in [0, 0.1) is 5.92 Å². The van der Waals surface area contributed by atoms with E-state index in [-0.39, 0.29) is 0 Å². The summed E-state index contributed by atoms with van der Waals surface area (Å²) < 4.78 is 0. The summed E-state index contributed by atoms with van der Waals surface area (Å²) >= 11 is 0. The third-order valence-electron chi connectivity index (χ3n) is 3.90. The zero-order valence-corrected chi connectivity index (χ0v) is 10.8. The van der Waals surface area contributed by atoms with Crippen LogP contribution in [0.15, 0.2) is 30.5 Å². The Morgan fingerprint density at radius 2 is 1.94 bits per heavy atom. The molecule has 3 nitrogen and oxygen atoms in total. The van der Waals surface area contributed by atoms with Crippen molar-refractivity contribution < 1.29 is 0 Å². The van der Waals surface area contributed by atoms with Crippen LogP contribution in [-0.4, -0.2) is 18.1 Å². The van der Waals surface area contributed by atoms with Gasteiger partial charge in [0.1, 0.15) is 5.82 Å². The highest BCUT2D eigenvalue weighted by atomic mass is 15.2. The Morgan fingerprint density at radius 3 is 2.72 bits per heavy atom. The third kappa shape index (κ3) is 1.90. The molecule has 1 aromatic heterocycles. The predicted octanol–water partition coefficient (Wildman–Crippen LogP) is 3.05. The first kappa shape index (κ1) is 11.3. The number of anilines is 2. The fourth-order valence-electron chi connectivity index (χ4n) is 2.69. The number of nitrogens with zero attached hydrogens (tertiary/aromatic N) is 2. The minimum Gasteiger partial charge on any atom is -0.398 e. The average Bonchev–Trinajstić information content (AvgIpc) is 2.40. The van der Waals surface area contributed by atoms with Gasteiger partial charge in [0.25, 0.3) is 0 Å². The molecular weight excluding hydrogens is 222 g/mol. The van der Waals surface area contributed by atoms with Crippen LogP contribution in [0.1, 0.15) is 19.8 Å². The van der Waals surface area contributed by atoms with Gasteiger partial charge in [0.15, 0.2) is 0 Å². The molecule has 0 unspecified atom stereocenters. The molecule has 1 saturated heterocycles. The zero-order valence-electron chi connectivity index (χ0n) is 10.8. The van der Waals surface area contributed by atoms with Crippen LogP contribution in [0.3, 0.4) is 0 Å². The highest BCUT2D eigenvalue weighted by molar-refractivity contribution is 5.99. The summed E-state index contributed by atoms with van der Waals surface area (Å²) in [4.78, 5) is 6.96. The number of pyridine rings is 1. The fraction of sp³-hybridized carbons (Fsp3) is 0.400. The number of hydrogen-bond acceptors (Lipinski definition) is 3. The van der Waals surface area contributed by atoms with Crippen molar-refractivity contribution >= 4 is 22.3 Å². The normalized spacial score (nSPS) is 17.3. The number of nitrogen functional groups attached to an aromatic ring is 1. The lowest BCUT2D eigenvalue weighted by Gasteiger charge is -2.32. The van der Waals surface area contributed by atoms with Gasteiger partial charge in [-0.2, -0.15) is 0 Å². The number of benzene rings is 1. The van der Waals surface area contributed by atoms with Gasteiger partial charge >= 0.3 is 0 Å². The lowest BCUT2D eigenvalue weighted by Crippen LogP contribution is -2.33. The Bertz CT molecular complexity index is 557. The van der Waals surface area contributed by atoms with Gasteiger partial charge in [-0.15, -0.1) is 0 Å². The Labute approximate surface area is 108 Å². The molecule has 3 heteroatoms. The van der Waals surface area contributed by atoms with Crippen LogP contribution < -0.4 is 10.6 Å². The van der Waals surface area contributed by atoms with E-state index in [1.54, 1.807) is 0 Å². The van der Waals surface area contributed by atoms with Gasteiger partial charge in [0.2, 0.25) is 0 Å². The smallest absolute Gasteiger partial charge is 0.136 e. The first-order valence-electron chi connectivity index (χ1n) is 6.64. The van der Waals surface area contributed by atoms with Crippen LogP contribution in [0.4, 0.5) is 11.5 Å². The molecule has 18 heavy (non-hydrogen) atoms. The highest BCUT2D eigenvalue weighted by Gasteiger charge is 2.18. The molecule has 0 atom stereocenters. The van der Waals surface area contributed by atoms with Gasteiger partial charge in [0, 0.05) is 35.7 Å². The maximum atomic E-state index is 6.03. The minimum atomic E-state index is 0.835. The van der Waals surface area contributed by atoms with Gasteiger partial charge in [-0.25, -0.2) is 4.98 Å². The standard InChI is InChI=1S/C15H19N3/c1-11-6-9-18(10-7-11)15-13-3-2-4-14(16)12(13)5-8-17-15/h2-5,8,11H,6-7,9-10,16H2,1H3. The molecule has 1 fully saturated rings. The summed E-state index contributed by atoms with van der Waals surface area (Å²) in [7, 11) is 0. The van der Waals surface area contributed by atoms with E-state index >= 15 is 0 Å². The maximum absolute atomic E-state index is 6.03. The number of fused-ring (bicyclic) bond motifs is 1. The number of aromatic nitrogens is 1. The average molecular weight is 241 g/mol. The molecule has 0 spiro atoms. The van der Waals surface area contributed by atoms with Crippen LogP contribution >= 0.6 is 0 Å². The number of nitrogens with two attached hydrogens (primary N) is 1. The fourth-order valence-corrected chi connectivity index (χ4v) is 2.69. The Kier molecular flexibility index (Phi) is 2.82. The van der Waals surface area contributed by atoms with E-state index in [0.717, 1.165) is 35.9 Å². The van der Waals surface area contributed by atoms with Crippen molar-refractivity contribution in [1.82, 2.24) is 4.98 Å². The van der Waals surface area contributed by atoms with Gasteiger partial charge in [-0.3, -0.25) is 0 Å². The molecule has 2 heterocycles. The summed E-state index contributed by atoms with van der Waals surface area (Å²) in [5.41, 5.74) is 6.87. The van der Waals surface area contributed by atoms with E-state index in [9.17, 15) is 0 Å². The summed E-state index contributed by atoms with van der Waals surface area (Å²) in [5, 5.41) is 2.29. The van der Waals surface area contributed by atoms with Crippen molar-refractivity contribution in [3.63, 3.8) is 0 Å². The molecule has 1 aliphatic rings. The molecule has 0 amide bonds. The monoisotopic (exact) mass is 241 g/mol. The lowest BCUT2D eigenvalue weighted by atomic mass is 9.99. The quantitative estimate of drug-likeness (QED) is 0.780. The molecule has 1 aliphatic heterocycles. The third-order valence-corrected chi connectivity index (χ3v) is 3.90. The predicted molar refractivity (Wildman–Crippen MR) is 76.8 cm³/mol. The summed E-state index contributed by atoms with van der Waals surface area (Å²) in [6, 6.07) is 8.08.